The second-order valence-electron chi connectivity index (χ2n) is 3.84. The number of carboxylic acid groups (broad SMARTS) is 1. The highest BCUT2D eigenvalue weighted by Crippen LogP contribution is 2.51. The Morgan fingerprint density at radius 1 is 1.67 bits per heavy atom. The number of aromatic nitrogens is 1. The minimum atomic E-state index is -0.896. The number of aliphatic carboxylic acids is 1. The lowest BCUT2D eigenvalue weighted by molar-refractivity contribution is -0.137. The number of hydrogen-bond donors (Lipinski definition) is 1. The topological polar surface area (TPSA) is 50.2 Å². The average Bonchev–Trinajstić information content (AvgIpc) is 2.89. The van der Waals surface area contributed by atoms with Crippen LogP contribution in [0.4, 0.5) is 4.39 Å². The molecule has 0 atom stereocenters. The molecule has 2 rings (SSSR count). The minimum absolute atomic E-state index is 0.0257. The molecule has 3 nitrogen and oxygen atoms in total. The summed E-state index contributed by atoms with van der Waals surface area (Å²) in [7, 11) is 0. The first-order valence-corrected chi connectivity index (χ1v) is 5.36. The highest BCUT2D eigenvalue weighted by molar-refractivity contribution is 9.10. The van der Waals surface area contributed by atoms with Gasteiger partial charge in [0.15, 0.2) is 0 Å². The van der Waals surface area contributed by atoms with Crippen molar-refractivity contribution < 1.29 is 14.3 Å². The molecule has 1 N–H and O–H groups in total. The first kappa shape index (κ1) is 10.5. The van der Waals surface area contributed by atoms with Crippen LogP contribution in [0.5, 0.6) is 0 Å². The Morgan fingerprint density at radius 3 is 2.87 bits per heavy atom. The van der Waals surface area contributed by atoms with E-state index in [0.29, 0.717) is 22.9 Å². The summed E-state index contributed by atoms with van der Waals surface area (Å²) in [6, 6.07) is 1.62. The van der Waals surface area contributed by atoms with Crippen LogP contribution >= 0.6 is 15.9 Å². The van der Waals surface area contributed by atoms with E-state index in [2.05, 4.69) is 20.9 Å². The van der Waals surface area contributed by atoms with Crippen molar-refractivity contribution in [3.05, 3.63) is 28.2 Å². The normalized spacial score (nSPS) is 17.5. The summed E-state index contributed by atoms with van der Waals surface area (Å²) >= 11 is 3.21. The third-order valence-corrected chi connectivity index (χ3v) is 3.15. The Labute approximate surface area is 94.5 Å². The molecule has 1 aromatic heterocycles. The van der Waals surface area contributed by atoms with Gasteiger partial charge in [0.05, 0.1) is 6.42 Å². The Morgan fingerprint density at radius 2 is 2.33 bits per heavy atom. The molecule has 1 aliphatic carbocycles. The van der Waals surface area contributed by atoms with Gasteiger partial charge in [-0.1, -0.05) is 0 Å². The first-order valence-electron chi connectivity index (χ1n) is 4.57. The average molecular weight is 274 g/mol. The van der Waals surface area contributed by atoms with Gasteiger partial charge in [0.25, 0.3) is 0 Å². The van der Waals surface area contributed by atoms with E-state index in [0.717, 1.165) is 0 Å². The Kier molecular flexibility index (Phi) is 2.50. The molecule has 0 radical (unpaired) electrons. The molecule has 0 bridgehead atoms. The number of nitrogens with zero attached hydrogens (tertiary/aromatic N) is 1. The molecule has 1 aromatic rings. The molecule has 1 saturated carbocycles. The monoisotopic (exact) mass is 273 g/mol. The fraction of sp³-hybridized carbons (Fsp3) is 0.400. The van der Waals surface area contributed by atoms with Gasteiger partial charge >= 0.3 is 5.97 Å². The molecule has 80 valence electrons. The fourth-order valence-electron chi connectivity index (χ4n) is 1.78. The van der Waals surface area contributed by atoms with Crippen LogP contribution < -0.4 is 0 Å². The zero-order chi connectivity index (χ0) is 11.1. The summed E-state index contributed by atoms with van der Waals surface area (Å²) in [6.45, 7) is 0. The maximum atomic E-state index is 13.4. The Bertz CT molecular complexity index is 418. The molecule has 0 amide bonds. The quantitative estimate of drug-likeness (QED) is 0.861. The predicted octanol–water partition coefficient (Wildman–Crippen LogP) is 2.49. The van der Waals surface area contributed by atoms with Gasteiger partial charge in [0.1, 0.15) is 0 Å². The number of pyridine rings is 1. The first-order chi connectivity index (χ1) is 7.03. The van der Waals surface area contributed by atoms with E-state index in [4.69, 9.17) is 5.11 Å². The predicted molar refractivity (Wildman–Crippen MR) is 55.1 cm³/mol. The van der Waals surface area contributed by atoms with Crippen molar-refractivity contribution in [3.63, 3.8) is 0 Å². The van der Waals surface area contributed by atoms with Crippen molar-refractivity contribution in [1.82, 2.24) is 4.98 Å². The highest BCUT2D eigenvalue weighted by Gasteiger charge is 2.48. The van der Waals surface area contributed by atoms with Crippen molar-refractivity contribution in [2.45, 2.75) is 24.7 Å². The molecule has 0 aromatic carbocycles. The lowest BCUT2D eigenvalue weighted by Crippen LogP contribution is -2.15. The second-order valence-corrected chi connectivity index (χ2v) is 4.76. The molecule has 15 heavy (non-hydrogen) atoms. The largest absolute Gasteiger partial charge is 0.481 e. The van der Waals surface area contributed by atoms with Gasteiger partial charge in [-0.3, -0.25) is 4.79 Å². The van der Waals surface area contributed by atoms with Crippen molar-refractivity contribution in [2.75, 3.05) is 0 Å². The third kappa shape index (κ3) is 2.02. The fourth-order valence-corrected chi connectivity index (χ4v) is 2.11. The lowest BCUT2D eigenvalue weighted by Gasteiger charge is -2.13. The molecular weight excluding hydrogens is 265 g/mol. The van der Waals surface area contributed by atoms with Gasteiger partial charge < -0.3 is 5.11 Å². The standard InChI is InChI=1S/C10H9BrFNO2/c11-6-3-7(9(12)13-5-6)10(1-2-10)4-8(14)15/h3,5H,1-2,4H2,(H,14,15). The van der Waals surface area contributed by atoms with Gasteiger partial charge in [-0.05, 0) is 34.8 Å². The zero-order valence-electron chi connectivity index (χ0n) is 7.83. The molecule has 1 aliphatic rings. The maximum absolute atomic E-state index is 13.4. The summed E-state index contributed by atoms with van der Waals surface area (Å²) in [4.78, 5) is 14.3. The van der Waals surface area contributed by atoms with Crippen LogP contribution in [-0.4, -0.2) is 16.1 Å². The van der Waals surface area contributed by atoms with Crippen molar-refractivity contribution >= 4 is 21.9 Å². The number of carbonyl (C=O) groups is 1. The maximum Gasteiger partial charge on any atom is 0.304 e. The molecular formula is C10H9BrFNO2. The van der Waals surface area contributed by atoms with Gasteiger partial charge in [-0.25, -0.2) is 4.98 Å². The SMILES string of the molecule is O=C(O)CC1(c2cc(Br)cnc2F)CC1. The van der Waals surface area contributed by atoms with Crippen LogP contribution in [0.2, 0.25) is 0 Å². The molecule has 0 aliphatic heterocycles. The number of carboxylic acids is 1. The molecule has 0 unspecified atom stereocenters. The van der Waals surface area contributed by atoms with Crippen LogP contribution in [0.25, 0.3) is 0 Å². The third-order valence-electron chi connectivity index (χ3n) is 2.72. The molecule has 1 fully saturated rings. The van der Waals surface area contributed by atoms with Crippen LogP contribution in [-0.2, 0) is 10.2 Å². The van der Waals surface area contributed by atoms with Gasteiger partial charge in [0.2, 0.25) is 5.95 Å². The van der Waals surface area contributed by atoms with Crippen molar-refractivity contribution in [1.29, 1.82) is 0 Å². The van der Waals surface area contributed by atoms with Crippen LogP contribution in [0.3, 0.4) is 0 Å². The van der Waals surface area contributed by atoms with Crippen molar-refractivity contribution in [3.8, 4) is 0 Å². The highest BCUT2D eigenvalue weighted by atomic mass is 79.9. The number of hydrogen-bond acceptors (Lipinski definition) is 2. The summed E-state index contributed by atoms with van der Waals surface area (Å²) in [5, 5.41) is 8.76. The van der Waals surface area contributed by atoms with E-state index < -0.39 is 17.3 Å². The van der Waals surface area contributed by atoms with E-state index >= 15 is 0 Å². The molecule has 0 spiro atoms. The second kappa shape index (κ2) is 3.56. The summed E-state index contributed by atoms with van der Waals surface area (Å²) in [5.41, 5.74) is -0.105. The zero-order valence-corrected chi connectivity index (χ0v) is 9.42. The van der Waals surface area contributed by atoms with Gasteiger partial charge in [0, 0.05) is 21.6 Å². The van der Waals surface area contributed by atoms with Crippen molar-refractivity contribution in [2.24, 2.45) is 0 Å². The smallest absolute Gasteiger partial charge is 0.304 e. The van der Waals surface area contributed by atoms with Gasteiger partial charge in [-0.2, -0.15) is 4.39 Å². The summed E-state index contributed by atoms with van der Waals surface area (Å²) in [5.74, 6) is -1.45. The van der Waals surface area contributed by atoms with E-state index in [1.807, 2.05) is 0 Å². The Hall–Kier alpha value is -0.970. The van der Waals surface area contributed by atoms with E-state index in [-0.39, 0.29) is 6.42 Å². The summed E-state index contributed by atoms with van der Waals surface area (Å²) < 4.78 is 14.1. The minimum Gasteiger partial charge on any atom is -0.481 e. The molecule has 5 heteroatoms. The summed E-state index contributed by atoms with van der Waals surface area (Å²) in [6.07, 6.45) is 2.78. The van der Waals surface area contributed by atoms with E-state index in [1.54, 1.807) is 6.07 Å². The van der Waals surface area contributed by atoms with E-state index in [9.17, 15) is 9.18 Å². The Balaban J connectivity index is 2.36. The number of halogens is 2. The lowest BCUT2D eigenvalue weighted by atomic mass is 9.94. The van der Waals surface area contributed by atoms with Crippen LogP contribution in [0, 0.1) is 5.95 Å². The molecule has 0 saturated heterocycles. The van der Waals surface area contributed by atoms with Crippen LogP contribution in [0.1, 0.15) is 24.8 Å². The van der Waals surface area contributed by atoms with Crippen LogP contribution in [0.15, 0.2) is 16.7 Å². The number of rotatable bonds is 3. The van der Waals surface area contributed by atoms with E-state index in [1.165, 1.54) is 6.20 Å². The molecule has 1 heterocycles. The van der Waals surface area contributed by atoms with Gasteiger partial charge in [-0.15, -0.1) is 0 Å².